The summed E-state index contributed by atoms with van der Waals surface area (Å²) >= 11 is 0. The minimum absolute atomic E-state index is 0.0689. The van der Waals surface area contributed by atoms with Gasteiger partial charge >= 0.3 is 0 Å². The van der Waals surface area contributed by atoms with Crippen LogP contribution in [0.15, 0.2) is 47.3 Å². The molecule has 0 saturated carbocycles. The fourth-order valence-corrected chi connectivity index (χ4v) is 3.09. The predicted octanol–water partition coefficient (Wildman–Crippen LogP) is 4.27. The zero-order valence-corrected chi connectivity index (χ0v) is 16.5. The van der Waals surface area contributed by atoms with Crippen LogP contribution in [0.4, 0.5) is 5.69 Å². The number of anilines is 1. The molecule has 1 aromatic heterocycles. The molecule has 5 heteroatoms. The summed E-state index contributed by atoms with van der Waals surface area (Å²) in [4.78, 5) is 29.2. The Balaban J connectivity index is 1.90. The molecule has 5 nitrogen and oxygen atoms in total. The maximum absolute atomic E-state index is 12.6. The lowest BCUT2D eigenvalue weighted by Gasteiger charge is -2.19. The van der Waals surface area contributed by atoms with E-state index >= 15 is 0 Å². The van der Waals surface area contributed by atoms with Crippen molar-refractivity contribution in [3.05, 3.63) is 69.6 Å². The fourth-order valence-electron chi connectivity index (χ4n) is 3.09. The summed E-state index contributed by atoms with van der Waals surface area (Å²) in [6.07, 6.45) is 0. The second kappa shape index (κ2) is 6.99. The smallest absolute Gasteiger partial charge is 0.272 e. The monoisotopic (exact) mass is 363 g/mol. The van der Waals surface area contributed by atoms with Crippen LogP contribution in [-0.4, -0.2) is 15.5 Å². The van der Waals surface area contributed by atoms with E-state index < -0.39 is 0 Å². The molecule has 3 rings (SSSR count). The first kappa shape index (κ1) is 18.8. The Hall–Kier alpha value is -2.95. The number of aryl methyl sites for hydroxylation is 2. The van der Waals surface area contributed by atoms with Crippen LogP contribution in [0.1, 0.15) is 49.3 Å². The van der Waals surface area contributed by atoms with Gasteiger partial charge in [-0.25, -0.2) is 4.98 Å². The first-order valence-electron chi connectivity index (χ1n) is 9.14. The van der Waals surface area contributed by atoms with Gasteiger partial charge in [0.1, 0.15) is 5.69 Å². The second-order valence-electron chi connectivity index (χ2n) is 7.73. The molecule has 0 aliphatic heterocycles. The Morgan fingerprint density at radius 1 is 1.11 bits per heavy atom. The molecule has 0 atom stereocenters. The van der Waals surface area contributed by atoms with E-state index in [4.69, 9.17) is 0 Å². The number of nitrogens with zero attached hydrogens (tertiary/aromatic N) is 2. The van der Waals surface area contributed by atoms with Crippen molar-refractivity contribution in [2.45, 2.75) is 46.6 Å². The summed E-state index contributed by atoms with van der Waals surface area (Å²) in [5.41, 5.74) is 4.25. The molecule has 27 heavy (non-hydrogen) atoms. The Bertz CT molecular complexity index is 1060. The predicted molar refractivity (Wildman–Crippen MR) is 110 cm³/mol. The zero-order chi connectivity index (χ0) is 19.8. The zero-order valence-electron chi connectivity index (χ0n) is 16.5. The van der Waals surface area contributed by atoms with E-state index in [0.717, 1.165) is 11.2 Å². The molecular weight excluding hydrogens is 338 g/mol. The molecule has 3 aromatic rings. The Labute approximate surface area is 159 Å². The van der Waals surface area contributed by atoms with E-state index in [1.54, 1.807) is 29.7 Å². The van der Waals surface area contributed by atoms with Crippen molar-refractivity contribution in [3.63, 3.8) is 0 Å². The van der Waals surface area contributed by atoms with E-state index in [0.29, 0.717) is 23.3 Å². The van der Waals surface area contributed by atoms with Crippen molar-refractivity contribution in [1.82, 2.24) is 9.55 Å². The van der Waals surface area contributed by atoms with Crippen molar-refractivity contribution in [1.29, 1.82) is 0 Å². The van der Waals surface area contributed by atoms with Crippen LogP contribution in [0.2, 0.25) is 0 Å². The molecule has 1 amide bonds. The number of carbonyl (C=O) groups is 1. The maximum Gasteiger partial charge on any atom is 0.272 e. The second-order valence-corrected chi connectivity index (χ2v) is 7.73. The van der Waals surface area contributed by atoms with Gasteiger partial charge < -0.3 is 9.88 Å². The van der Waals surface area contributed by atoms with Crippen molar-refractivity contribution >= 4 is 22.6 Å². The van der Waals surface area contributed by atoms with E-state index in [2.05, 4.69) is 31.1 Å². The minimum Gasteiger partial charge on any atom is -0.322 e. The van der Waals surface area contributed by atoms with Gasteiger partial charge in [0.2, 0.25) is 0 Å². The number of nitrogens with one attached hydrogen (secondary N) is 1. The summed E-state index contributed by atoms with van der Waals surface area (Å²) < 4.78 is 1.67. The number of amides is 1. The van der Waals surface area contributed by atoms with Crippen molar-refractivity contribution in [2.24, 2.45) is 0 Å². The van der Waals surface area contributed by atoms with Gasteiger partial charge in [-0.2, -0.15) is 0 Å². The summed E-state index contributed by atoms with van der Waals surface area (Å²) in [6.45, 7) is 10.6. The lowest BCUT2D eigenvalue weighted by Crippen LogP contribution is -2.23. The van der Waals surface area contributed by atoms with Crippen LogP contribution >= 0.6 is 0 Å². The average Bonchev–Trinajstić information content (AvgIpc) is 2.62. The Kier molecular flexibility index (Phi) is 4.87. The SMILES string of the molecule is CCn1c(=O)c(C)nc2cc(C(=O)Nc3ccc(C(C)(C)C)cc3)ccc21. The average molecular weight is 363 g/mol. The summed E-state index contributed by atoms with van der Waals surface area (Å²) in [5, 5.41) is 2.92. The van der Waals surface area contributed by atoms with E-state index in [1.165, 1.54) is 5.56 Å². The van der Waals surface area contributed by atoms with Crippen LogP contribution in [0.25, 0.3) is 11.0 Å². The van der Waals surface area contributed by atoms with Gasteiger partial charge in [-0.3, -0.25) is 9.59 Å². The first-order chi connectivity index (χ1) is 12.7. The Morgan fingerprint density at radius 2 is 1.78 bits per heavy atom. The third-order valence-electron chi connectivity index (χ3n) is 4.70. The highest BCUT2D eigenvalue weighted by Crippen LogP contribution is 2.24. The van der Waals surface area contributed by atoms with Crippen LogP contribution in [0.5, 0.6) is 0 Å². The number of aromatic nitrogens is 2. The van der Waals surface area contributed by atoms with Gasteiger partial charge in [-0.1, -0.05) is 32.9 Å². The molecule has 0 fully saturated rings. The fraction of sp³-hybridized carbons (Fsp3) is 0.318. The van der Waals surface area contributed by atoms with Gasteiger partial charge in [-0.05, 0) is 55.2 Å². The van der Waals surface area contributed by atoms with Gasteiger partial charge in [0, 0.05) is 17.8 Å². The highest BCUT2D eigenvalue weighted by Gasteiger charge is 2.14. The van der Waals surface area contributed by atoms with Crippen LogP contribution in [-0.2, 0) is 12.0 Å². The van der Waals surface area contributed by atoms with E-state index in [1.807, 2.05) is 31.2 Å². The van der Waals surface area contributed by atoms with Gasteiger partial charge in [0.05, 0.1) is 11.0 Å². The minimum atomic E-state index is -0.200. The molecule has 0 bridgehead atoms. The molecule has 0 aliphatic carbocycles. The highest BCUT2D eigenvalue weighted by molar-refractivity contribution is 6.05. The molecule has 2 aromatic carbocycles. The molecular formula is C22H25N3O2. The standard InChI is InChI=1S/C22H25N3O2/c1-6-25-19-12-7-15(13-18(19)23-14(2)21(25)27)20(26)24-17-10-8-16(9-11-17)22(3,4)5/h7-13H,6H2,1-5H3,(H,24,26). The van der Waals surface area contributed by atoms with Crippen molar-refractivity contribution in [3.8, 4) is 0 Å². The molecule has 0 radical (unpaired) electrons. The highest BCUT2D eigenvalue weighted by atomic mass is 16.1. The van der Waals surface area contributed by atoms with Gasteiger partial charge in [0.25, 0.3) is 11.5 Å². The molecule has 0 aliphatic rings. The number of fused-ring (bicyclic) bond motifs is 1. The number of carbonyl (C=O) groups excluding carboxylic acids is 1. The van der Waals surface area contributed by atoms with Crippen LogP contribution < -0.4 is 10.9 Å². The molecule has 1 N–H and O–H groups in total. The summed E-state index contributed by atoms with van der Waals surface area (Å²) in [6, 6.07) is 13.1. The van der Waals surface area contributed by atoms with Crippen molar-refractivity contribution < 1.29 is 4.79 Å². The molecule has 1 heterocycles. The summed E-state index contributed by atoms with van der Waals surface area (Å²) in [7, 11) is 0. The molecule has 0 spiro atoms. The van der Waals surface area contributed by atoms with Crippen LogP contribution in [0.3, 0.4) is 0 Å². The lowest BCUT2D eigenvalue weighted by molar-refractivity contribution is 0.102. The first-order valence-corrected chi connectivity index (χ1v) is 9.14. The summed E-state index contributed by atoms with van der Waals surface area (Å²) in [5.74, 6) is -0.200. The van der Waals surface area contributed by atoms with Crippen molar-refractivity contribution in [2.75, 3.05) is 5.32 Å². The number of hydrogen-bond acceptors (Lipinski definition) is 3. The number of hydrogen-bond donors (Lipinski definition) is 1. The largest absolute Gasteiger partial charge is 0.322 e. The Morgan fingerprint density at radius 3 is 2.37 bits per heavy atom. The van der Waals surface area contributed by atoms with Crippen LogP contribution in [0, 0.1) is 6.92 Å². The molecule has 0 unspecified atom stereocenters. The van der Waals surface area contributed by atoms with E-state index in [-0.39, 0.29) is 16.9 Å². The molecule has 140 valence electrons. The third kappa shape index (κ3) is 3.77. The number of benzene rings is 2. The van der Waals surface area contributed by atoms with E-state index in [9.17, 15) is 9.59 Å². The van der Waals surface area contributed by atoms with Gasteiger partial charge in [-0.15, -0.1) is 0 Å². The molecule has 0 saturated heterocycles. The quantitative estimate of drug-likeness (QED) is 0.756. The lowest BCUT2D eigenvalue weighted by atomic mass is 9.87. The topological polar surface area (TPSA) is 64.0 Å². The third-order valence-corrected chi connectivity index (χ3v) is 4.70. The normalized spacial score (nSPS) is 11.6. The number of rotatable bonds is 3. The van der Waals surface area contributed by atoms with Gasteiger partial charge in [0.15, 0.2) is 0 Å². The maximum atomic E-state index is 12.6.